The number of rotatable bonds is 4. The van der Waals surface area contributed by atoms with E-state index in [0.717, 1.165) is 21.7 Å². The minimum absolute atomic E-state index is 0.0401. The number of fused-ring (bicyclic) bond motifs is 1. The van der Waals surface area contributed by atoms with Gasteiger partial charge in [-0.1, -0.05) is 34.1 Å². The van der Waals surface area contributed by atoms with E-state index in [9.17, 15) is 4.79 Å². The van der Waals surface area contributed by atoms with Crippen molar-refractivity contribution in [3.8, 4) is 0 Å². The Kier molecular flexibility index (Phi) is 4.15. The molecule has 0 bridgehead atoms. The summed E-state index contributed by atoms with van der Waals surface area (Å²) in [5, 5.41) is 5.04. The van der Waals surface area contributed by atoms with Gasteiger partial charge in [-0.05, 0) is 41.5 Å². The highest BCUT2D eigenvalue weighted by Gasteiger charge is 2.05. The van der Waals surface area contributed by atoms with Crippen LogP contribution < -0.4 is 5.32 Å². The van der Waals surface area contributed by atoms with Gasteiger partial charge >= 0.3 is 0 Å². The van der Waals surface area contributed by atoms with Gasteiger partial charge in [0.15, 0.2) is 0 Å². The van der Waals surface area contributed by atoms with Gasteiger partial charge < -0.3 is 5.32 Å². The first kappa shape index (κ1) is 12.8. The number of carbonyl (C=O) groups excluding carboxylic acids is 1. The molecule has 0 aromatic heterocycles. The lowest BCUT2D eigenvalue weighted by Crippen LogP contribution is -2.23. The monoisotopic (exact) mass is 303 g/mol. The largest absolute Gasteiger partial charge is 0.352 e. The zero-order valence-electron chi connectivity index (χ0n) is 9.95. The van der Waals surface area contributed by atoms with Crippen molar-refractivity contribution < 1.29 is 4.79 Å². The normalized spacial score (nSPS) is 10.3. The van der Waals surface area contributed by atoms with Crippen LogP contribution in [0.3, 0.4) is 0 Å². The molecular weight excluding hydrogens is 290 g/mol. The summed E-state index contributed by atoms with van der Waals surface area (Å²) in [4.78, 5) is 11.9. The smallest absolute Gasteiger partial charge is 0.251 e. The van der Waals surface area contributed by atoms with Crippen LogP contribution in [-0.2, 0) is 0 Å². The highest BCUT2D eigenvalue weighted by molar-refractivity contribution is 9.10. The third-order valence-corrected chi connectivity index (χ3v) is 3.19. The van der Waals surface area contributed by atoms with E-state index in [1.165, 1.54) is 0 Å². The van der Waals surface area contributed by atoms with E-state index >= 15 is 0 Å². The van der Waals surface area contributed by atoms with Crippen molar-refractivity contribution in [2.75, 3.05) is 6.54 Å². The first-order chi connectivity index (χ1) is 8.70. The maximum absolute atomic E-state index is 11.9. The molecule has 18 heavy (non-hydrogen) atoms. The Labute approximate surface area is 115 Å². The molecule has 2 aromatic rings. The molecule has 3 heteroatoms. The van der Waals surface area contributed by atoms with Gasteiger partial charge in [-0.15, -0.1) is 6.58 Å². The molecule has 2 nitrogen and oxygen atoms in total. The van der Waals surface area contributed by atoms with Gasteiger partial charge in [0.2, 0.25) is 0 Å². The Morgan fingerprint density at radius 1 is 1.22 bits per heavy atom. The van der Waals surface area contributed by atoms with Crippen LogP contribution in [0.5, 0.6) is 0 Å². The topological polar surface area (TPSA) is 29.1 Å². The number of carbonyl (C=O) groups is 1. The van der Waals surface area contributed by atoms with E-state index in [2.05, 4.69) is 27.8 Å². The fourth-order valence-electron chi connectivity index (χ4n) is 1.75. The number of benzene rings is 2. The molecule has 0 saturated heterocycles. The van der Waals surface area contributed by atoms with Crippen LogP contribution in [0.25, 0.3) is 10.8 Å². The number of halogens is 1. The summed E-state index contributed by atoms with van der Waals surface area (Å²) in [5.74, 6) is -0.0401. The van der Waals surface area contributed by atoms with Crippen LogP contribution in [0.4, 0.5) is 0 Å². The number of nitrogens with one attached hydrogen (secondary N) is 1. The lowest BCUT2D eigenvalue weighted by Gasteiger charge is -2.05. The van der Waals surface area contributed by atoms with E-state index in [0.29, 0.717) is 12.1 Å². The molecule has 1 amide bonds. The second-order valence-corrected chi connectivity index (χ2v) is 4.96. The van der Waals surface area contributed by atoms with E-state index in [1.807, 2.05) is 36.4 Å². The van der Waals surface area contributed by atoms with Gasteiger partial charge in [0.1, 0.15) is 0 Å². The first-order valence-corrected chi connectivity index (χ1v) is 6.58. The maximum Gasteiger partial charge on any atom is 0.251 e. The Morgan fingerprint density at radius 2 is 1.94 bits per heavy atom. The summed E-state index contributed by atoms with van der Waals surface area (Å²) in [6.07, 6.45) is 2.57. The van der Waals surface area contributed by atoms with Gasteiger partial charge in [0.05, 0.1) is 0 Å². The van der Waals surface area contributed by atoms with E-state index in [4.69, 9.17) is 0 Å². The molecule has 0 unspecified atom stereocenters. The number of hydrogen-bond acceptors (Lipinski definition) is 1. The molecule has 0 aliphatic rings. The molecule has 2 aromatic carbocycles. The van der Waals surface area contributed by atoms with Crippen LogP contribution in [0.15, 0.2) is 53.5 Å². The van der Waals surface area contributed by atoms with E-state index in [-0.39, 0.29) is 5.91 Å². The highest BCUT2D eigenvalue weighted by Crippen LogP contribution is 2.20. The summed E-state index contributed by atoms with van der Waals surface area (Å²) in [5.41, 5.74) is 0.689. The van der Waals surface area contributed by atoms with Crippen LogP contribution in [0.1, 0.15) is 16.8 Å². The van der Waals surface area contributed by atoms with Crippen molar-refractivity contribution in [3.05, 3.63) is 59.1 Å². The predicted molar refractivity (Wildman–Crippen MR) is 78.8 cm³/mol. The zero-order chi connectivity index (χ0) is 13.0. The Morgan fingerprint density at radius 3 is 2.72 bits per heavy atom. The van der Waals surface area contributed by atoms with Crippen LogP contribution in [-0.4, -0.2) is 12.5 Å². The van der Waals surface area contributed by atoms with Crippen molar-refractivity contribution in [2.24, 2.45) is 0 Å². The van der Waals surface area contributed by atoms with Crippen molar-refractivity contribution in [1.82, 2.24) is 5.32 Å². The number of hydrogen-bond donors (Lipinski definition) is 1. The summed E-state index contributed by atoms with van der Waals surface area (Å²) >= 11 is 3.43. The Hall–Kier alpha value is -1.61. The molecule has 0 radical (unpaired) electrons. The zero-order valence-corrected chi connectivity index (χ0v) is 11.5. The number of amides is 1. The highest BCUT2D eigenvalue weighted by atomic mass is 79.9. The molecule has 0 spiro atoms. The van der Waals surface area contributed by atoms with Crippen molar-refractivity contribution >= 4 is 32.6 Å². The van der Waals surface area contributed by atoms with Crippen molar-refractivity contribution in [2.45, 2.75) is 6.42 Å². The standard InChI is InChI=1S/C15H14BrNO/c1-2-3-8-17-15(18)13-5-4-12-10-14(16)7-6-11(12)9-13/h2,4-7,9-10H,1,3,8H2,(H,17,18). The quantitative estimate of drug-likeness (QED) is 0.673. The van der Waals surface area contributed by atoms with Crippen LogP contribution in [0, 0.1) is 0 Å². The molecule has 0 saturated carbocycles. The molecule has 0 heterocycles. The maximum atomic E-state index is 11.9. The van der Waals surface area contributed by atoms with Crippen molar-refractivity contribution in [3.63, 3.8) is 0 Å². The third-order valence-electron chi connectivity index (χ3n) is 2.70. The lowest BCUT2D eigenvalue weighted by atomic mass is 10.1. The SMILES string of the molecule is C=CCCNC(=O)c1ccc2cc(Br)ccc2c1. The molecule has 0 aliphatic carbocycles. The summed E-state index contributed by atoms with van der Waals surface area (Å²) < 4.78 is 1.04. The average molecular weight is 304 g/mol. The Balaban J connectivity index is 2.21. The predicted octanol–water partition coefficient (Wildman–Crippen LogP) is 3.91. The van der Waals surface area contributed by atoms with Crippen molar-refractivity contribution in [1.29, 1.82) is 0 Å². The Bertz CT molecular complexity index is 592. The third kappa shape index (κ3) is 2.99. The van der Waals surface area contributed by atoms with E-state index in [1.54, 1.807) is 6.08 Å². The fourth-order valence-corrected chi connectivity index (χ4v) is 2.13. The van der Waals surface area contributed by atoms with Crippen LogP contribution in [0.2, 0.25) is 0 Å². The molecule has 0 atom stereocenters. The van der Waals surface area contributed by atoms with Gasteiger partial charge in [-0.2, -0.15) is 0 Å². The van der Waals surface area contributed by atoms with Gasteiger partial charge in [0, 0.05) is 16.6 Å². The molecule has 0 fully saturated rings. The van der Waals surface area contributed by atoms with Gasteiger partial charge in [-0.25, -0.2) is 0 Å². The van der Waals surface area contributed by atoms with E-state index < -0.39 is 0 Å². The second-order valence-electron chi connectivity index (χ2n) is 4.04. The fraction of sp³-hybridized carbons (Fsp3) is 0.133. The first-order valence-electron chi connectivity index (χ1n) is 5.79. The summed E-state index contributed by atoms with van der Waals surface area (Å²) in [6.45, 7) is 4.25. The average Bonchev–Trinajstić information content (AvgIpc) is 2.38. The minimum atomic E-state index is -0.0401. The molecular formula is C15H14BrNO. The van der Waals surface area contributed by atoms with Crippen LogP contribution >= 0.6 is 15.9 Å². The molecule has 2 rings (SSSR count). The lowest BCUT2D eigenvalue weighted by molar-refractivity contribution is 0.0954. The minimum Gasteiger partial charge on any atom is -0.352 e. The molecule has 1 N–H and O–H groups in total. The second kappa shape index (κ2) is 5.83. The summed E-state index contributed by atoms with van der Waals surface area (Å²) in [6, 6.07) is 11.7. The molecule has 0 aliphatic heterocycles. The van der Waals surface area contributed by atoms with Gasteiger partial charge in [-0.3, -0.25) is 4.79 Å². The molecule has 92 valence electrons. The van der Waals surface area contributed by atoms with Gasteiger partial charge in [0.25, 0.3) is 5.91 Å². The summed E-state index contributed by atoms with van der Waals surface area (Å²) in [7, 11) is 0.